The van der Waals surface area contributed by atoms with Crippen molar-refractivity contribution in [2.24, 2.45) is 5.92 Å². The molecule has 1 unspecified atom stereocenters. The van der Waals surface area contributed by atoms with Crippen LogP contribution in [0.4, 0.5) is 5.82 Å². The van der Waals surface area contributed by atoms with Crippen LogP contribution in [0.15, 0.2) is 6.20 Å². The maximum Gasteiger partial charge on any atom is 0.308 e. The van der Waals surface area contributed by atoms with Crippen LogP contribution in [-0.4, -0.2) is 33.5 Å². The van der Waals surface area contributed by atoms with E-state index in [9.17, 15) is 9.59 Å². The summed E-state index contributed by atoms with van der Waals surface area (Å²) in [6.45, 7) is 0.123. The monoisotopic (exact) mass is 367 g/mol. The van der Waals surface area contributed by atoms with E-state index < -0.39 is 11.9 Å². The minimum Gasteiger partial charge on any atom is -0.481 e. The average Bonchev–Trinajstić information content (AvgIpc) is 2.64. The number of rotatable bonds is 2. The number of carbonyl (C=O) groups excluding carboxylic acids is 1. The maximum atomic E-state index is 11.7. The van der Waals surface area contributed by atoms with Crippen molar-refractivity contribution in [3.8, 4) is 0 Å². The third kappa shape index (κ3) is 2.49. The third-order valence-electron chi connectivity index (χ3n) is 2.43. The van der Waals surface area contributed by atoms with Gasteiger partial charge in [0, 0.05) is 19.2 Å². The molecule has 8 heteroatoms. The molecule has 1 fully saturated rings. The van der Waals surface area contributed by atoms with E-state index in [4.69, 9.17) is 16.7 Å². The van der Waals surface area contributed by atoms with E-state index in [1.54, 1.807) is 0 Å². The molecule has 1 saturated heterocycles. The van der Waals surface area contributed by atoms with Gasteiger partial charge in [-0.15, -0.1) is 0 Å². The lowest BCUT2D eigenvalue weighted by molar-refractivity contribution is -0.141. The number of hydrogen-bond donors (Lipinski definition) is 1. The van der Waals surface area contributed by atoms with Gasteiger partial charge in [-0.3, -0.25) is 14.5 Å². The van der Waals surface area contributed by atoms with E-state index in [1.165, 1.54) is 11.1 Å². The van der Waals surface area contributed by atoms with Crippen molar-refractivity contribution in [1.29, 1.82) is 0 Å². The first-order valence-corrected chi connectivity index (χ1v) is 6.16. The molecular formula is C9H7ClIN3O3. The lowest BCUT2D eigenvalue weighted by Gasteiger charge is -2.16. The second-order valence-corrected chi connectivity index (χ2v) is 5.05. The normalized spacial score (nSPS) is 19.8. The number of aliphatic carboxylic acids is 1. The highest BCUT2D eigenvalue weighted by Crippen LogP contribution is 2.27. The topological polar surface area (TPSA) is 83.4 Å². The van der Waals surface area contributed by atoms with E-state index in [0.29, 0.717) is 9.39 Å². The van der Waals surface area contributed by atoms with Crippen molar-refractivity contribution in [3.63, 3.8) is 0 Å². The zero-order valence-corrected chi connectivity index (χ0v) is 11.3. The molecular weight excluding hydrogens is 360 g/mol. The lowest BCUT2D eigenvalue weighted by atomic mass is 10.1. The SMILES string of the molecule is O=C(O)C1CC(=O)N(c2nc(Cl)ncc2I)C1. The Balaban J connectivity index is 2.32. The quantitative estimate of drug-likeness (QED) is 0.627. The molecule has 0 spiro atoms. The van der Waals surface area contributed by atoms with Gasteiger partial charge in [0.05, 0.1) is 9.49 Å². The zero-order chi connectivity index (χ0) is 12.6. The van der Waals surface area contributed by atoms with Gasteiger partial charge in [-0.1, -0.05) is 0 Å². The molecule has 90 valence electrons. The largest absolute Gasteiger partial charge is 0.481 e. The summed E-state index contributed by atoms with van der Waals surface area (Å²) in [7, 11) is 0. The summed E-state index contributed by atoms with van der Waals surface area (Å²) in [4.78, 5) is 31.6. The number of amides is 1. The zero-order valence-electron chi connectivity index (χ0n) is 8.43. The van der Waals surface area contributed by atoms with Crippen LogP contribution in [-0.2, 0) is 9.59 Å². The molecule has 2 rings (SSSR count). The lowest BCUT2D eigenvalue weighted by Crippen LogP contribution is -2.27. The first-order chi connectivity index (χ1) is 7.99. The predicted octanol–water partition coefficient (Wildman–Crippen LogP) is 1.17. The fraction of sp³-hybridized carbons (Fsp3) is 0.333. The molecule has 1 aromatic rings. The summed E-state index contributed by atoms with van der Waals surface area (Å²) in [6.07, 6.45) is 1.49. The number of aromatic nitrogens is 2. The summed E-state index contributed by atoms with van der Waals surface area (Å²) in [5.74, 6) is -1.55. The molecule has 0 aromatic carbocycles. The van der Waals surface area contributed by atoms with E-state index in [1.807, 2.05) is 22.6 Å². The highest BCUT2D eigenvalue weighted by molar-refractivity contribution is 14.1. The van der Waals surface area contributed by atoms with Gasteiger partial charge in [0.15, 0.2) is 5.82 Å². The van der Waals surface area contributed by atoms with E-state index in [2.05, 4.69) is 9.97 Å². The fourth-order valence-electron chi connectivity index (χ4n) is 1.60. The van der Waals surface area contributed by atoms with E-state index in [0.717, 1.165) is 0 Å². The Hall–Kier alpha value is -0.960. The Labute approximate surface area is 115 Å². The molecule has 1 aliphatic rings. The Bertz CT molecular complexity index is 496. The van der Waals surface area contributed by atoms with Crippen LogP contribution in [0, 0.1) is 9.49 Å². The van der Waals surface area contributed by atoms with Crippen LogP contribution in [0.5, 0.6) is 0 Å². The first-order valence-electron chi connectivity index (χ1n) is 4.70. The van der Waals surface area contributed by atoms with Crippen molar-refractivity contribution >= 4 is 51.9 Å². The second-order valence-electron chi connectivity index (χ2n) is 3.55. The van der Waals surface area contributed by atoms with Gasteiger partial charge in [0.1, 0.15) is 0 Å². The minimum absolute atomic E-state index is 0.00691. The van der Waals surface area contributed by atoms with Gasteiger partial charge in [-0.05, 0) is 34.2 Å². The number of carboxylic acids is 1. The fourth-order valence-corrected chi connectivity index (χ4v) is 2.28. The van der Waals surface area contributed by atoms with Crippen molar-refractivity contribution < 1.29 is 14.7 Å². The Morgan fingerprint density at radius 2 is 2.35 bits per heavy atom. The summed E-state index contributed by atoms with van der Waals surface area (Å²) in [6, 6.07) is 0. The molecule has 17 heavy (non-hydrogen) atoms. The third-order valence-corrected chi connectivity index (χ3v) is 3.37. The van der Waals surface area contributed by atoms with Crippen LogP contribution in [0.3, 0.4) is 0 Å². The highest BCUT2D eigenvalue weighted by Gasteiger charge is 2.36. The molecule has 2 heterocycles. The van der Waals surface area contributed by atoms with Crippen LogP contribution in [0.25, 0.3) is 0 Å². The molecule has 1 N–H and O–H groups in total. The average molecular weight is 368 g/mol. The summed E-state index contributed by atoms with van der Waals surface area (Å²) in [5.41, 5.74) is 0. The summed E-state index contributed by atoms with van der Waals surface area (Å²) in [5, 5.41) is 8.91. The molecule has 6 nitrogen and oxygen atoms in total. The van der Waals surface area contributed by atoms with E-state index >= 15 is 0 Å². The number of anilines is 1. The van der Waals surface area contributed by atoms with E-state index in [-0.39, 0.29) is 24.2 Å². The van der Waals surface area contributed by atoms with Gasteiger partial charge in [0.2, 0.25) is 11.2 Å². The number of hydrogen-bond acceptors (Lipinski definition) is 4. The van der Waals surface area contributed by atoms with Gasteiger partial charge < -0.3 is 5.11 Å². The Kier molecular flexibility index (Phi) is 3.48. The number of carboxylic acid groups (broad SMARTS) is 1. The molecule has 0 radical (unpaired) electrons. The standard InChI is InChI=1S/C9H7ClIN3O3/c10-9-12-2-5(11)7(13-9)14-3-4(8(16)17)1-6(14)15/h2,4H,1,3H2,(H,16,17). The van der Waals surface area contributed by atoms with Gasteiger partial charge in [0.25, 0.3) is 0 Å². The number of carbonyl (C=O) groups is 2. The molecule has 0 aliphatic carbocycles. The number of halogens is 2. The predicted molar refractivity (Wildman–Crippen MR) is 67.9 cm³/mol. The van der Waals surface area contributed by atoms with Crippen molar-refractivity contribution in [2.45, 2.75) is 6.42 Å². The van der Waals surface area contributed by atoms with Crippen LogP contribution >= 0.6 is 34.2 Å². The molecule has 0 saturated carbocycles. The van der Waals surface area contributed by atoms with Crippen LogP contribution in [0.1, 0.15) is 6.42 Å². The molecule has 1 aliphatic heterocycles. The Morgan fingerprint density at radius 3 is 2.94 bits per heavy atom. The Morgan fingerprint density at radius 1 is 1.65 bits per heavy atom. The minimum atomic E-state index is -0.976. The van der Waals surface area contributed by atoms with Gasteiger partial charge in [-0.25, -0.2) is 4.98 Å². The van der Waals surface area contributed by atoms with Crippen LogP contribution < -0.4 is 4.90 Å². The second kappa shape index (κ2) is 4.73. The molecule has 0 bridgehead atoms. The van der Waals surface area contributed by atoms with Gasteiger partial charge in [-0.2, -0.15) is 4.98 Å². The van der Waals surface area contributed by atoms with Crippen LogP contribution in [0.2, 0.25) is 5.28 Å². The summed E-state index contributed by atoms with van der Waals surface area (Å²) >= 11 is 7.64. The first kappa shape index (κ1) is 12.5. The van der Waals surface area contributed by atoms with Crippen molar-refractivity contribution in [2.75, 3.05) is 11.4 Å². The van der Waals surface area contributed by atoms with Crippen molar-refractivity contribution in [1.82, 2.24) is 9.97 Å². The highest BCUT2D eigenvalue weighted by atomic mass is 127. The maximum absolute atomic E-state index is 11.7. The number of nitrogens with zero attached hydrogens (tertiary/aromatic N) is 3. The molecule has 1 aromatic heterocycles. The van der Waals surface area contributed by atoms with Crippen molar-refractivity contribution in [3.05, 3.63) is 15.1 Å². The molecule has 1 atom stereocenters. The summed E-state index contributed by atoms with van der Waals surface area (Å²) < 4.78 is 0.659. The smallest absolute Gasteiger partial charge is 0.308 e. The van der Waals surface area contributed by atoms with Gasteiger partial charge >= 0.3 is 5.97 Å². The molecule has 1 amide bonds.